The molecule has 2 aromatic heterocycles. The highest BCUT2D eigenvalue weighted by Gasteiger charge is 2.29. The standard InChI is InChI=1S/C20H14N4O3/c25-13-6-4-11(5-7-13)19-15-9-21-20-18(15)14(10-22-24-20)17-12(8-23-26)2-1-3-16(17)27-19/h1-7,9-10,19,25H,8H2,(H,21,24). The van der Waals surface area contributed by atoms with Crippen molar-refractivity contribution in [3.05, 3.63) is 76.5 Å². The average molecular weight is 358 g/mol. The maximum Gasteiger partial charge on any atom is 0.161 e. The van der Waals surface area contributed by atoms with Gasteiger partial charge < -0.3 is 14.8 Å². The van der Waals surface area contributed by atoms with E-state index in [0.29, 0.717) is 11.4 Å². The lowest BCUT2D eigenvalue weighted by molar-refractivity contribution is 0.251. The highest BCUT2D eigenvalue weighted by molar-refractivity contribution is 5.98. The number of phenols is 1. The highest BCUT2D eigenvalue weighted by atomic mass is 16.5. The van der Waals surface area contributed by atoms with E-state index in [1.807, 2.05) is 36.5 Å². The van der Waals surface area contributed by atoms with Crippen LogP contribution in [0, 0.1) is 4.91 Å². The normalized spacial score (nSPS) is 15.0. The molecular formula is C20H14N4O3. The Morgan fingerprint density at radius 3 is 2.85 bits per heavy atom. The van der Waals surface area contributed by atoms with E-state index in [-0.39, 0.29) is 12.3 Å². The van der Waals surface area contributed by atoms with Gasteiger partial charge >= 0.3 is 0 Å². The monoisotopic (exact) mass is 358 g/mol. The molecule has 0 spiro atoms. The van der Waals surface area contributed by atoms with Gasteiger partial charge in [-0.15, -0.1) is 5.10 Å². The summed E-state index contributed by atoms with van der Waals surface area (Å²) >= 11 is 0. The molecule has 0 saturated heterocycles. The van der Waals surface area contributed by atoms with Gasteiger partial charge in [0, 0.05) is 28.3 Å². The minimum absolute atomic E-state index is 0.0416. The molecule has 0 radical (unpaired) electrons. The second-order valence-corrected chi connectivity index (χ2v) is 6.39. The van der Waals surface area contributed by atoms with Crippen LogP contribution in [0.4, 0.5) is 0 Å². The predicted molar refractivity (Wildman–Crippen MR) is 99.4 cm³/mol. The summed E-state index contributed by atoms with van der Waals surface area (Å²) in [7, 11) is 0. The van der Waals surface area contributed by atoms with Gasteiger partial charge in [-0.2, -0.15) is 10.0 Å². The maximum absolute atomic E-state index is 11.0. The van der Waals surface area contributed by atoms with Crippen LogP contribution in [0.2, 0.25) is 0 Å². The first-order chi connectivity index (χ1) is 13.3. The van der Waals surface area contributed by atoms with Crippen LogP contribution in [0.15, 0.2) is 60.0 Å². The third kappa shape index (κ3) is 2.36. The number of nitrogens with zero attached hydrogens (tertiary/aromatic N) is 3. The molecule has 0 fully saturated rings. The third-order valence-corrected chi connectivity index (χ3v) is 4.84. The summed E-state index contributed by atoms with van der Waals surface area (Å²) < 4.78 is 6.40. The van der Waals surface area contributed by atoms with Crippen molar-refractivity contribution < 1.29 is 9.84 Å². The fourth-order valence-corrected chi connectivity index (χ4v) is 3.66. The zero-order valence-electron chi connectivity index (χ0n) is 14.1. The van der Waals surface area contributed by atoms with E-state index in [0.717, 1.165) is 33.2 Å². The number of rotatable bonds is 3. The van der Waals surface area contributed by atoms with Crippen molar-refractivity contribution in [1.29, 1.82) is 0 Å². The maximum atomic E-state index is 11.0. The van der Waals surface area contributed by atoms with Gasteiger partial charge in [0.2, 0.25) is 0 Å². The second-order valence-electron chi connectivity index (χ2n) is 6.39. The molecule has 1 aliphatic heterocycles. The number of benzene rings is 2. The molecule has 132 valence electrons. The molecule has 0 bridgehead atoms. The van der Waals surface area contributed by atoms with E-state index in [4.69, 9.17) is 4.74 Å². The quantitative estimate of drug-likeness (QED) is 0.538. The van der Waals surface area contributed by atoms with E-state index >= 15 is 0 Å². The SMILES string of the molecule is O=NCc1cccc2c1-c1cnnc3[nH]cc(c13)C(c1ccc(O)cc1)O2. The molecule has 5 rings (SSSR count). The Bertz CT molecular complexity index is 1170. The number of nitrogens with one attached hydrogen (secondary N) is 1. The minimum Gasteiger partial charge on any atom is -0.508 e. The number of hydrogen-bond donors (Lipinski definition) is 2. The molecule has 1 unspecified atom stereocenters. The van der Waals surface area contributed by atoms with E-state index in [1.165, 1.54) is 0 Å². The van der Waals surface area contributed by atoms with Crippen LogP contribution < -0.4 is 4.74 Å². The smallest absolute Gasteiger partial charge is 0.161 e. The number of H-pyrrole nitrogens is 1. The van der Waals surface area contributed by atoms with Crippen LogP contribution in [0.5, 0.6) is 11.5 Å². The van der Waals surface area contributed by atoms with Gasteiger partial charge in [-0.3, -0.25) is 0 Å². The highest BCUT2D eigenvalue weighted by Crippen LogP contribution is 2.46. The van der Waals surface area contributed by atoms with Crippen molar-refractivity contribution >= 4 is 11.0 Å². The Hall–Kier alpha value is -3.74. The van der Waals surface area contributed by atoms with Gasteiger partial charge in [0.05, 0.1) is 6.20 Å². The van der Waals surface area contributed by atoms with Gasteiger partial charge in [-0.1, -0.05) is 29.4 Å². The molecule has 0 amide bonds. The summed E-state index contributed by atoms with van der Waals surface area (Å²) in [5.74, 6) is 0.845. The topological polar surface area (TPSA) is 100 Å². The lowest BCUT2D eigenvalue weighted by Crippen LogP contribution is -2.08. The Morgan fingerprint density at radius 1 is 1.19 bits per heavy atom. The number of aromatic hydroxyl groups is 1. The third-order valence-electron chi connectivity index (χ3n) is 4.84. The van der Waals surface area contributed by atoms with E-state index in [9.17, 15) is 10.0 Å². The van der Waals surface area contributed by atoms with E-state index < -0.39 is 6.10 Å². The minimum atomic E-state index is -0.400. The van der Waals surface area contributed by atoms with Crippen molar-refractivity contribution in [2.24, 2.45) is 5.18 Å². The molecule has 0 aliphatic carbocycles. The molecule has 1 aliphatic rings. The fourth-order valence-electron chi connectivity index (χ4n) is 3.66. The molecule has 7 nitrogen and oxygen atoms in total. The van der Waals surface area contributed by atoms with Crippen molar-refractivity contribution in [3.8, 4) is 22.6 Å². The van der Waals surface area contributed by atoms with Gasteiger partial charge in [0.25, 0.3) is 0 Å². The van der Waals surface area contributed by atoms with Gasteiger partial charge in [0.1, 0.15) is 18.0 Å². The lowest BCUT2D eigenvalue weighted by Gasteiger charge is -2.19. The van der Waals surface area contributed by atoms with Crippen LogP contribution in [0.1, 0.15) is 22.8 Å². The van der Waals surface area contributed by atoms with E-state index in [2.05, 4.69) is 20.4 Å². The zero-order chi connectivity index (χ0) is 18.4. The summed E-state index contributed by atoms with van der Waals surface area (Å²) in [6.45, 7) is 0.0416. The Kier molecular flexibility index (Phi) is 3.39. The summed E-state index contributed by atoms with van der Waals surface area (Å²) in [5, 5.41) is 21.9. The van der Waals surface area contributed by atoms with Crippen LogP contribution in [-0.4, -0.2) is 20.3 Å². The summed E-state index contributed by atoms with van der Waals surface area (Å²) in [6, 6.07) is 12.5. The first kappa shape index (κ1) is 15.5. The van der Waals surface area contributed by atoms with Crippen LogP contribution in [0.3, 0.4) is 0 Å². The molecule has 7 heteroatoms. The first-order valence-corrected chi connectivity index (χ1v) is 8.46. The predicted octanol–water partition coefficient (Wildman–Crippen LogP) is 4.08. The summed E-state index contributed by atoms with van der Waals surface area (Å²) in [6.07, 6.45) is 3.15. The molecule has 3 heterocycles. The first-order valence-electron chi connectivity index (χ1n) is 8.46. The number of ether oxygens (including phenoxy) is 1. The Morgan fingerprint density at radius 2 is 2.04 bits per heavy atom. The molecule has 27 heavy (non-hydrogen) atoms. The average Bonchev–Trinajstić information content (AvgIpc) is 3.05. The summed E-state index contributed by atoms with van der Waals surface area (Å²) in [5.41, 5.74) is 4.89. The lowest BCUT2D eigenvalue weighted by atomic mass is 9.96. The van der Waals surface area contributed by atoms with Crippen LogP contribution in [-0.2, 0) is 6.54 Å². The van der Waals surface area contributed by atoms with Crippen molar-refractivity contribution in [1.82, 2.24) is 15.2 Å². The number of nitroso groups, excluding NO2 is 1. The van der Waals surface area contributed by atoms with Crippen molar-refractivity contribution in [2.75, 3.05) is 0 Å². The number of hydrogen-bond acceptors (Lipinski definition) is 6. The van der Waals surface area contributed by atoms with Crippen LogP contribution in [0.25, 0.3) is 22.2 Å². The largest absolute Gasteiger partial charge is 0.508 e. The van der Waals surface area contributed by atoms with Crippen LogP contribution >= 0.6 is 0 Å². The molecule has 0 saturated carbocycles. The van der Waals surface area contributed by atoms with Gasteiger partial charge in [-0.25, -0.2) is 0 Å². The number of aromatic amines is 1. The summed E-state index contributed by atoms with van der Waals surface area (Å²) in [4.78, 5) is 14.1. The zero-order valence-corrected chi connectivity index (χ0v) is 14.1. The molecule has 4 aromatic rings. The Labute approximate surface area is 153 Å². The van der Waals surface area contributed by atoms with Crippen molar-refractivity contribution in [3.63, 3.8) is 0 Å². The molecule has 2 aromatic carbocycles. The van der Waals surface area contributed by atoms with Gasteiger partial charge in [0.15, 0.2) is 11.8 Å². The number of aromatic nitrogens is 3. The van der Waals surface area contributed by atoms with Gasteiger partial charge in [-0.05, 0) is 29.3 Å². The van der Waals surface area contributed by atoms with Crippen molar-refractivity contribution in [2.45, 2.75) is 12.6 Å². The molecular weight excluding hydrogens is 344 g/mol. The fraction of sp³-hybridized carbons (Fsp3) is 0.100. The number of fused-ring (bicyclic) bond motifs is 2. The number of phenolic OH excluding ortho intramolecular Hbond substituents is 1. The molecule has 1 atom stereocenters. The second kappa shape index (κ2) is 5.91. The molecule has 2 N–H and O–H groups in total. The Balaban J connectivity index is 1.83. The van der Waals surface area contributed by atoms with E-state index in [1.54, 1.807) is 18.3 Å².